The Labute approximate surface area is 188 Å². The van der Waals surface area contributed by atoms with Crippen LogP contribution >= 0.6 is 0 Å². The summed E-state index contributed by atoms with van der Waals surface area (Å²) >= 11 is 0. The lowest BCUT2D eigenvalue weighted by molar-refractivity contribution is -0.125. The number of nitrogens with zero attached hydrogens (tertiary/aromatic N) is 2. The van der Waals surface area contributed by atoms with Crippen LogP contribution in [-0.4, -0.2) is 66.8 Å². The molecule has 1 saturated heterocycles. The Balaban J connectivity index is 1.31. The van der Waals surface area contributed by atoms with Crippen LogP contribution < -0.4 is 5.32 Å². The molecule has 32 heavy (non-hydrogen) atoms. The molecule has 8 heteroatoms. The quantitative estimate of drug-likeness (QED) is 0.660. The number of ether oxygens (including phenoxy) is 2. The lowest BCUT2D eigenvalue weighted by Gasteiger charge is -2.48. The van der Waals surface area contributed by atoms with Gasteiger partial charge in [-0.05, 0) is 31.9 Å². The Morgan fingerprint density at radius 2 is 1.84 bits per heavy atom. The topological polar surface area (TPSA) is 93.9 Å². The maximum atomic E-state index is 12.5. The first-order chi connectivity index (χ1) is 15.6. The standard InChI is InChI=1S/C24H31N3O5/c1-18-21(26-22(32-18)19-8-4-2-5-9-19)23(29)31-16-20(28)25-17-24(10-6-3-7-11-24)27-12-14-30-15-13-27/h2,4-5,8-9H,3,6-7,10-17H2,1H3,(H,25,28). The number of esters is 1. The number of morpholine rings is 1. The summed E-state index contributed by atoms with van der Waals surface area (Å²) in [6.45, 7) is 5.12. The molecule has 1 aliphatic carbocycles. The van der Waals surface area contributed by atoms with Crippen LogP contribution in [0.15, 0.2) is 34.7 Å². The molecule has 2 heterocycles. The number of rotatable bonds is 7. The molecule has 1 N–H and O–H groups in total. The third-order valence-corrected chi connectivity index (χ3v) is 6.43. The summed E-state index contributed by atoms with van der Waals surface area (Å²) in [6, 6.07) is 9.33. The van der Waals surface area contributed by atoms with E-state index in [1.165, 1.54) is 6.42 Å². The van der Waals surface area contributed by atoms with E-state index in [0.29, 0.717) is 18.2 Å². The first-order valence-corrected chi connectivity index (χ1v) is 11.4. The maximum Gasteiger partial charge on any atom is 0.361 e. The number of hydrogen-bond donors (Lipinski definition) is 1. The molecule has 4 rings (SSSR count). The van der Waals surface area contributed by atoms with Crippen LogP contribution in [0.5, 0.6) is 0 Å². The first-order valence-electron chi connectivity index (χ1n) is 11.4. The summed E-state index contributed by atoms with van der Waals surface area (Å²) in [5.41, 5.74) is 0.830. The largest absolute Gasteiger partial charge is 0.451 e. The van der Waals surface area contributed by atoms with Crippen LogP contribution in [-0.2, 0) is 14.3 Å². The molecule has 0 spiro atoms. The van der Waals surface area contributed by atoms with Gasteiger partial charge < -0.3 is 19.2 Å². The van der Waals surface area contributed by atoms with E-state index in [9.17, 15) is 9.59 Å². The van der Waals surface area contributed by atoms with Crippen molar-refractivity contribution < 1.29 is 23.5 Å². The monoisotopic (exact) mass is 441 g/mol. The van der Waals surface area contributed by atoms with Gasteiger partial charge in [-0.3, -0.25) is 9.69 Å². The minimum absolute atomic E-state index is 0.0328. The van der Waals surface area contributed by atoms with E-state index in [1.54, 1.807) is 6.92 Å². The number of carbonyl (C=O) groups excluding carboxylic acids is 2. The van der Waals surface area contributed by atoms with E-state index in [0.717, 1.165) is 57.6 Å². The van der Waals surface area contributed by atoms with Crippen LogP contribution in [0.4, 0.5) is 0 Å². The second-order valence-corrected chi connectivity index (χ2v) is 8.53. The van der Waals surface area contributed by atoms with E-state index in [-0.39, 0.29) is 23.7 Å². The molecule has 1 amide bonds. The third-order valence-electron chi connectivity index (χ3n) is 6.43. The molecule has 172 valence electrons. The Morgan fingerprint density at radius 1 is 1.12 bits per heavy atom. The zero-order valence-corrected chi connectivity index (χ0v) is 18.6. The zero-order valence-electron chi connectivity index (χ0n) is 18.6. The molecule has 0 atom stereocenters. The van der Waals surface area contributed by atoms with Gasteiger partial charge in [0.2, 0.25) is 5.89 Å². The number of benzene rings is 1. The molecule has 8 nitrogen and oxygen atoms in total. The predicted molar refractivity (Wildman–Crippen MR) is 118 cm³/mol. The first kappa shape index (κ1) is 22.5. The van der Waals surface area contributed by atoms with Crippen molar-refractivity contribution in [2.24, 2.45) is 0 Å². The summed E-state index contributed by atoms with van der Waals surface area (Å²) in [7, 11) is 0. The smallest absolute Gasteiger partial charge is 0.361 e. The third kappa shape index (κ3) is 5.19. The molecule has 1 aliphatic heterocycles. The summed E-state index contributed by atoms with van der Waals surface area (Å²) in [6.07, 6.45) is 5.69. The summed E-state index contributed by atoms with van der Waals surface area (Å²) in [5, 5.41) is 3.00. The number of hydrogen-bond acceptors (Lipinski definition) is 7. The van der Waals surface area contributed by atoms with Crippen LogP contribution in [0.2, 0.25) is 0 Å². The van der Waals surface area contributed by atoms with Crippen LogP contribution in [0, 0.1) is 6.92 Å². The zero-order chi connectivity index (χ0) is 22.4. The SMILES string of the molecule is Cc1oc(-c2ccccc2)nc1C(=O)OCC(=O)NCC1(N2CCOCC2)CCCCC1. The summed E-state index contributed by atoms with van der Waals surface area (Å²) < 4.78 is 16.3. The van der Waals surface area contributed by atoms with Gasteiger partial charge >= 0.3 is 5.97 Å². The molecule has 0 unspecified atom stereocenters. The van der Waals surface area contributed by atoms with Crippen molar-refractivity contribution in [2.75, 3.05) is 39.5 Å². The highest BCUT2D eigenvalue weighted by Crippen LogP contribution is 2.33. The normalized spacial score (nSPS) is 18.8. The number of aromatic nitrogens is 1. The van der Waals surface area contributed by atoms with Crippen LogP contribution in [0.3, 0.4) is 0 Å². The number of carbonyl (C=O) groups is 2. The highest BCUT2D eigenvalue weighted by molar-refractivity contribution is 5.90. The Bertz CT molecular complexity index is 915. The van der Waals surface area contributed by atoms with Crippen molar-refractivity contribution in [3.63, 3.8) is 0 Å². The Morgan fingerprint density at radius 3 is 2.56 bits per heavy atom. The average Bonchev–Trinajstić information content (AvgIpc) is 3.24. The molecule has 2 aliphatic rings. The van der Waals surface area contributed by atoms with Gasteiger partial charge in [-0.2, -0.15) is 0 Å². The van der Waals surface area contributed by atoms with Gasteiger partial charge in [0.05, 0.1) is 13.2 Å². The Hall–Kier alpha value is -2.71. The van der Waals surface area contributed by atoms with Crippen molar-refractivity contribution in [1.82, 2.24) is 15.2 Å². The number of amides is 1. The lowest BCUT2D eigenvalue weighted by atomic mass is 9.79. The fourth-order valence-electron chi connectivity index (χ4n) is 4.66. The van der Waals surface area contributed by atoms with Gasteiger partial charge in [-0.25, -0.2) is 9.78 Å². The molecule has 1 saturated carbocycles. The van der Waals surface area contributed by atoms with Crippen molar-refractivity contribution in [3.05, 3.63) is 41.8 Å². The minimum Gasteiger partial charge on any atom is -0.451 e. The van der Waals surface area contributed by atoms with Gasteiger partial charge in [-0.15, -0.1) is 0 Å². The highest BCUT2D eigenvalue weighted by Gasteiger charge is 2.38. The van der Waals surface area contributed by atoms with Gasteiger partial charge in [0.15, 0.2) is 12.3 Å². The molecule has 0 radical (unpaired) electrons. The van der Waals surface area contributed by atoms with Crippen LogP contribution in [0.1, 0.15) is 48.4 Å². The average molecular weight is 442 g/mol. The molecule has 2 aromatic rings. The molecule has 2 fully saturated rings. The van der Waals surface area contributed by atoms with Crippen molar-refractivity contribution >= 4 is 11.9 Å². The minimum atomic E-state index is -0.663. The van der Waals surface area contributed by atoms with E-state index in [1.807, 2.05) is 30.3 Å². The second-order valence-electron chi connectivity index (χ2n) is 8.53. The van der Waals surface area contributed by atoms with Crippen molar-refractivity contribution in [3.8, 4) is 11.5 Å². The van der Waals surface area contributed by atoms with Crippen molar-refractivity contribution in [2.45, 2.75) is 44.6 Å². The molecular formula is C24H31N3O5. The highest BCUT2D eigenvalue weighted by atomic mass is 16.5. The molecule has 1 aromatic heterocycles. The number of oxazole rings is 1. The summed E-state index contributed by atoms with van der Waals surface area (Å²) in [4.78, 5) is 31.7. The van der Waals surface area contributed by atoms with E-state index in [2.05, 4.69) is 15.2 Å². The fraction of sp³-hybridized carbons (Fsp3) is 0.542. The van der Waals surface area contributed by atoms with Crippen LogP contribution in [0.25, 0.3) is 11.5 Å². The van der Waals surface area contributed by atoms with Crippen molar-refractivity contribution in [1.29, 1.82) is 0 Å². The lowest BCUT2D eigenvalue weighted by Crippen LogP contribution is -2.59. The Kier molecular flexibility index (Phi) is 7.22. The van der Waals surface area contributed by atoms with E-state index in [4.69, 9.17) is 13.9 Å². The molecule has 0 bridgehead atoms. The van der Waals surface area contributed by atoms with Gasteiger partial charge in [0, 0.05) is 30.7 Å². The second kappa shape index (κ2) is 10.3. The van der Waals surface area contributed by atoms with Gasteiger partial charge in [-0.1, -0.05) is 37.5 Å². The summed E-state index contributed by atoms with van der Waals surface area (Å²) in [5.74, 6) is -0.253. The predicted octanol–water partition coefficient (Wildman–Crippen LogP) is 2.96. The molecule has 1 aromatic carbocycles. The number of aryl methyl sites for hydroxylation is 1. The molecular weight excluding hydrogens is 410 g/mol. The van der Waals surface area contributed by atoms with E-state index < -0.39 is 5.97 Å². The van der Waals surface area contributed by atoms with Gasteiger partial charge in [0.1, 0.15) is 5.76 Å². The maximum absolute atomic E-state index is 12.5. The van der Waals surface area contributed by atoms with E-state index >= 15 is 0 Å². The fourth-order valence-corrected chi connectivity index (χ4v) is 4.66. The van der Waals surface area contributed by atoms with Gasteiger partial charge in [0.25, 0.3) is 5.91 Å². The number of nitrogens with one attached hydrogen (secondary N) is 1.